The van der Waals surface area contributed by atoms with Gasteiger partial charge >= 0.3 is 0 Å². The number of thioether (sulfide) groups is 1. The highest BCUT2D eigenvalue weighted by molar-refractivity contribution is 7.99. The number of hydrogen-bond donors (Lipinski definition) is 1. The predicted molar refractivity (Wildman–Crippen MR) is 75.4 cm³/mol. The van der Waals surface area contributed by atoms with Crippen molar-refractivity contribution in [2.24, 2.45) is 7.05 Å². The van der Waals surface area contributed by atoms with E-state index < -0.39 is 0 Å². The Kier molecular flexibility index (Phi) is 4.13. The molecule has 0 radical (unpaired) electrons. The molecule has 2 heterocycles. The summed E-state index contributed by atoms with van der Waals surface area (Å²) in [7, 11) is 3.79. The third-order valence-electron chi connectivity index (χ3n) is 2.29. The molecule has 0 aliphatic carbocycles. The number of rotatable bonds is 4. The maximum absolute atomic E-state index is 4.48. The molecule has 96 valence electrons. The average Bonchev–Trinajstić information content (AvgIpc) is 2.67. The molecule has 5 nitrogen and oxygen atoms in total. The van der Waals surface area contributed by atoms with Crippen LogP contribution in [0.15, 0.2) is 27.3 Å². The molecular formula is C11H15N5S2. The van der Waals surface area contributed by atoms with Crippen LogP contribution in [0, 0.1) is 6.92 Å². The zero-order chi connectivity index (χ0) is 13.1. The summed E-state index contributed by atoms with van der Waals surface area (Å²) in [6.07, 6.45) is 1.97. The summed E-state index contributed by atoms with van der Waals surface area (Å²) in [5, 5.41) is 10.1. The van der Waals surface area contributed by atoms with Gasteiger partial charge in [-0.3, -0.25) is 4.68 Å². The summed E-state index contributed by atoms with van der Waals surface area (Å²) in [6.45, 7) is 1.98. The standard InChI is InChI=1S/C11H15N5S2/c1-7-5-10(16(3)15-7)18-9-6-8(12-2)13-11(14-9)17-4/h5-6H,1-4H3,(H,12,13,14). The molecule has 0 saturated carbocycles. The minimum Gasteiger partial charge on any atom is -0.373 e. The fourth-order valence-corrected chi connectivity index (χ4v) is 2.82. The van der Waals surface area contributed by atoms with Crippen LogP contribution in [0.3, 0.4) is 0 Å². The Labute approximate surface area is 115 Å². The SMILES string of the molecule is CNc1cc(Sc2cc(C)nn2C)nc(SC)n1. The third kappa shape index (κ3) is 2.97. The van der Waals surface area contributed by atoms with Crippen LogP contribution in [-0.4, -0.2) is 33.1 Å². The van der Waals surface area contributed by atoms with Crippen molar-refractivity contribution in [3.8, 4) is 0 Å². The molecule has 0 aliphatic rings. The zero-order valence-corrected chi connectivity index (χ0v) is 12.4. The maximum atomic E-state index is 4.48. The molecule has 0 aromatic carbocycles. The van der Waals surface area contributed by atoms with Gasteiger partial charge in [-0.1, -0.05) is 23.5 Å². The topological polar surface area (TPSA) is 55.6 Å². The van der Waals surface area contributed by atoms with Crippen molar-refractivity contribution in [3.63, 3.8) is 0 Å². The Morgan fingerprint density at radius 1 is 1.28 bits per heavy atom. The maximum Gasteiger partial charge on any atom is 0.190 e. The van der Waals surface area contributed by atoms with E-state index in [4.69, 9.17) is 0 Å². The van der Waals surface area contributed by atoms with Gasteiger partial charge in [0, 0.05) is 20.2 Å². The number of nitrogens with zero attached hydrogens (tertiary/aromatic N) is 4. The van der Waals surface area contributed by atoms with Crippen LogP contribution in [0.25, 0.3) is 0 Å². The van der Waals surface area contributed by atoms with Gasteiger partial charge in [0.25, 0.3) is 0 Å². The quantitative estimate of drug-likeness (QED) is 0.528. The molecule has 1 N–H and O–H groups in total. The summed E-state index contributed by atoms with van der Waals surface area (Å²) in [6, 6.07) is 3.98. The lowest BCUT2D eigenvalue weighted by molar-refractivity contribution is 0.691. The van der Waals surface area contributed by atoms with Gasteiger partial charge in [-0.15, -0.1) is 0 Å². The van der Waals surface area contributed by atoms with Crippen molar-refractivity contribution in [2.75, 3.05) is 18.6 Å². The Bertz CT molecular complexity index is 530. The number of nitrogens with one attached hydrogen (secondary N) is 1. The van der Waals surface area contributed by atoms with E-state index in [1.54, 1.807) is 11.8 Å². The molecule has 0 spiro atoms. The second kappa shape index (κ2) is 5.62. The average molecular weight is 281 g/mol. The van der Waals surface area contributed by atoms with Gasteiger partial charge in [0.2, 0.25) is 0 Å². The van der Waals surface area contributed by atoms with E-state index in [2.05, 4.69) is 20.4 Å². The molecule has 0 aliphatic heterocycles. The Morgan fingerprint density at radius 3 is 2.61 bits per heavy atom. The monoisotopic (exact) mass is 281 g/mol. The second-order valence-corrected chi connectivity index (χ2v) is 5.49. The van der Waals surface area contributed by atoms with Gasteiger partial charge in [-0.2, -0.15) is 5.10 Å². The molecule has 0 amide bonds. The Hall–Kier alpha value is -1.21. The molecule has 0 unspecified atom stereocenters. The molecule has 0 saturated heterocycles. The van der Waals surface area contributed by atoms with E-state index in [1.807, 2.05) is 44.1 Å². The molecule has 0 atom stereocenters. The molecule has 2 aromatic heterocycles. The van der Waals surface area contributed by atoms with Gasteiger partial charge < -0.3 is 5.32 Å². The highest BCUT2D eigenvalue weighted by Crippen LogP contribution is 2.28. The molecule has 2 aromatic rings. The third-order valence-corrected chi connectivity index (χ3v) is 3.85. The number of aryl methyl sites for hydroxylation is 2. The van der Waals surface area contributed by atoms with E-state index in [9.17, 15) is 0 Å². The van der Waals surface area contributed by atoms with Crippen LogP contribution in [0.1, 0.15) is 5.69 Å². The molecule has 0 bridgehead atoms. The first-order chi connectivity index (χ1) is 8.62. The van der Waals surface area contributed by atoms with Gasteiger partial charge in [0.1, 0.15) is 15.9 Å². The van der Waals surface area contributed by atoms with Crippen LogP contribution >= 0.6 is 23.5 Å². The van der Waals surface area contributed by atoms with Crippen molar-refractivity contribution in [3.05, 3.63) is 17.8 Å². The van der Waals surface area contributed by atoms with Gasteiger partial charge in [0.15, 0.2) is 5.16 Å². The summed E-state index contributed by atoms with van der Waals surface area (Å²) < 4.78 is 1.86. The summed E-state index contributed by atoms with van der Waals surface area (Å²) >= 11 is 3.12. The first-order valence-electron chi connectivity index (χ1n) is 5.41. The van der Waals surface area contributed by atoms with Gasteiger partial charge in [0.05, 0.1) is 5.69 Å². The van der Waals surface area contributed by atoms with Crippen molar-refractivity contribution in [2.45, 2.75) is 22.1 Å². The molecule has 2 rings (SSSR count). The fraction of sp³-hybridized carbons (Fsp3) is 0.364. The van der Waals surface area contributed by atoms with Crippen LogP contribution in [-0.2, 0) is 7.05 Å². The van der Waals surface area contributed by atoms with Crippen molar-refractivity contribution >= 4 is 29.3 Å². The smallest absolute Gasteiger partial charge is 0.190 e. The highest BCUT2D eigenvalue weighted by Gasteiger charge is 2.08. The first-order valence-corrected chi connectivity index (χ1v) is 7.46. The van der Waals surface area contributed by atoms with E-state index in [0.29, 0.717) is 0 Å². The minimum atomic E-state index is 0.767. The normalized spacial score (nSPS) is 10.7. The largest absolute Gasteiger partial charge is 0.373 e. The van der Waals surface area contributed by atoms with E-state index in [1.165, 1.54) is 11.8 Å². The lowest BCUT2D eigenvalue weighted by Gasteiger charge is -2.05. The molecular weight excluding hydrogens is 266 g/mol. The number of anilines is 1. The fourth-order valence-electron chi connectivity index (χ4n) is 1.46. The van der Waals surface area contributed by atoms with Crippen molar-refractivity contribution in [1.29, 1.82) is 0 Å². The van der Waals surface area contributed by atoms with E-state index >= 15 is 0 Å². The van der Waals surface area contributed by atoms with Crippen LogP contribution in [0.2, 0.25) is 0 Å². The summed E-state index contributed by atoms with van der Waals surface area (Å²) in [5.41, 5.74) is 1.01. The van der Waals surface area contributed by atoms with E-state index in [0.717, 1.165) is 26.7 Å². The second-order valence-electron chi connectivity index (χ2n) is 3.68. The lowest BCUT2D eigenvalue weighted by atomic mass is 10.5. The van der Waals surface area contributed by atoms with Crippen LogP contribution < -0.4 is 5.32 Å². The van der Waals surface area contributed by atoms with Gasteiger partial charge in [-0.05, 0) is 19.2 Å². The first kappa shape index (κ1) is 13.2. The lowest BCUT2D eigenvalue weighted by Crippen LogP contribution is -1.98. The van der Waals surface area contributed by atoms with Crippen LogP contribution in [0.4, 0.5) is 5.82 Å². The minimum absolute atomic E-state index is 0.767. The van der Waals surface area contributed by atoms with Crippen molar-refractivity contribution < 1.29 is 0 Å². The molecule has 7 heteroatoms. The Balaban J connectivity index is 2.30. The van der Waals surface area contributed by atoms with Crippen LogP contribution in [0.5, 0.6) is 0 Å². The summed E-state index contributed by atoms with van der Waals surface area (Å²) in [4.78, 5) is 8.82. The highest BCUT2D eigenvalue weighted by atomic mass is 32.2. The predicted octanol–water partition coefficient (Wildman–Crippen LogP) is 2.43. The van der Waals surface area contributed by atoms with E-state index in [-0.39, 0.29) is 0 Å². The number of aromatic nitrogens is 4. The zero-order valence-electron chi connectivity index (χ0n) is 10.8. The Morgan fingerprint density at radius 2 is 2.06 bits per heavy atom. The van der Waals surface area contributed by atoms with Crippen molar-refractivity contribution in [1.82, 2.24) is 19.7 Å². The molecule has 18 heavy (non-hydrogen) atoms. The number of hydrogen-bond acceptors (Lipinski definition) is 6. The van der Waals surface area contributed by atoms with Gasteiger partial charge in [-0.25, -0.2) is 9.97 Å². The summed E-state index contributed by atoms with van der Waals surface area (Å²) in [5.74, 6) is 0.829. The molecule has 0 fully saturated rings.